The van der Waals surface area contributed by atoms with Crippen LogP contribution in [0.15, 0.2) is 48.7 Å². The van der Waals surface area contributed by atoms with Gasteiger partial charge >= 0.3 is 0 Å². The predicted molar refractivity (Wildman–Crippen MR) is 99.2 cm³/mol. The largest absolute Gasteiger partial charge is 0.507 e. The van der Waals surface area contributed by atoms with Gasteiger partial charge in [-0.1, -0.05) is 6.08 Å². The highest BCUT2D eigenvalue weighted by atomic mass is 19.1. The SMILES string of the molecule is Cc1cc(C=CC(=O)c2cnn(-c3ccc(F)cc3)c2C)cc(C)c1O. The van der Waals surface area contributed by atoms with E-state index in [9.17, 15) is 14.3 Å². The number of aryl methyl sites for hydroxylation is 2. The number of phenolic OH excluding ortho intramolecular Hbond substituents is 1. The zero-order chi connectivity index (χ0) is 18.8. The number of aromatic hydroxyl groups is 1. The molecule has 0 aliphatic carbocycles. The molecule has 0 saturated carbocycles. The number of allylic oxidation sites excluding steroid dienone is 1. The topological polar surface area (TPSA) is 55.1 Å². The summed E-state index contributed by atoms with van der Waals surface area (Å²) < 4.78 is 14.7. The molecule has 1 heterocycles. The molecule has 0 unspecified atom stereocenters. The molecule has 3 aromatic rings. The number of benzene rings is 2. The minimum absolute atomic E-state index is 0.167. The molecule has 5 heteroatoms. The molecule has 132 valence electrons. The summed E-state index contributed by atoms with van der Waals surface area (Å²) in [5, 5.41) is 14.1. The van der Waals surface area contributed by atoms with Crippen LogP contribution in [0.5, 0.6) is 5.75 Å². The van der Waals surface area contributed by atoms with E-state index in [1.165, 1.54) is 24.4 Å². The van der Waals surface area contributed by atoms with E-state index < -0.39 is 0 Å². The average molecular weight is 350 g/mol. The fourth-order valence-corrected chi connectivity index (χ4v) is 2.84. The second-order valence-electron chi connectivity index (χ2n) is 6.23. The standard InChI is InChI=1S/C21H19FN2O2/c1-13-10-16(11-14(2)21(13)26)4-9-20(25)19-12-23-24(15(19)3)18-7-5-17(22)6-8-18/h4-12,26H,1-3H3. The minimum atomic E-state index is -0.322. The summed E-state index contributed by atoms with van der Waals surface area (Å²) in [6.45, 7) is 5.43. The Balaban J connectivity index is 1.86. The molecule has 0 radical (unpaired) electrons. The van der Waals surface area contributed by atoms with E-state index in [0.717, 1.165) is 16.7 Å². The number of hydrogen-bond donors (Lipinski definition) is 1. The van der Waals surface area contributed by atoms with Crippen molar-refractivity contribution in [2.45, 2.75) is 20.8 Å². The number of aromatic nitrogens is 2. The van der Waals surface area contributed by atoms with E-state index in [0.29, 0.717) is 16.9 Å². The molecule has 0 amide bonds. The van der Waals surface area contributed by atoms with Gasteiger partial charge in [0.25, 0.3) is 0 Å². The quantitative estimate of drug-likeness (QED) is 0.555. The average Bonchev–Trinajstić information content (AvgIpc) is 2.99. The number of nitrogens with zero attached hydrogens (tertiary/aromatic N) is 2. The highest BCUT2D eigenvalue weighted by molar-refractivity contribution is 6.07. The van der Waals surface area contributed by atoms with Crippen LogP contribution in [0, 0.1) is 26.6 Å². The Labute approximate surface area is 151 Å². The fourth-order valence-electron chi connectivity index (χ4n) is 2.84. The third kappa shape index (κ3) is 3.42. The molecular weight excluding hydrogens is 331 g/mol. The van der Waals surface area contributed by atoms with Crippen molar-refractivity contribution in [1.82, 2.24) is 9.78 Å². The van der Waals surface area contributed by atoms with Crippen LogP contribution in [0.25, 0.3) is 11.8 Å². The Kier molecular flexibility index (Phi) is 4.71. The predicted octanol–water partition coefficient (Wildman–Crippen LogP) is 4.54. The van der Waals surface area contributed by atoms with E-state index in [1.54, 1.807) is 29.8 Å². The lowest BCUT2D eigenvalue weighted by molar-refractivity contribution is 0.104. The van der Waals surface area contributed by atoms with Crippen molar-refractivity contribution >= 4 is 11.9 Å². The van der Waals surface area contributed by atoms with Crippen molar-refractivity contribution in [2.24, 2.45) is 0 Å². The molecule has 2 aromatic carbocycles. The molecular formula is C21H19FN2O2. The Morgan fingerprint density at radius 1 is 1.12 bits per heavy atom. The van der Waals surface area contributed by atoms with Crippen LogP contribution in [-0.4, -0.2) is 20.7 Å². The van der Waals surface area contributed by atoms with Gasteiger partial charge in [0.05, 0.1) is 23.1 Å². The third-order valence-electron chi connectivity index (χ3n) is 4.29. The summed E-state index contributed by atoms with van der Waals surface area (Å²) in [5.41, 5.74) is 4.23. The first-order chi connectivity index (χ1) is 12.4. The molecule has 0 aliphatic heterocycles. The van der Waals surface area contributed by atoms with Gasteiger partial charge < -0.3 is 5.11 Å². The zero-order valence-electron chi connectivity index (χ0n) is 14.8. The maximum absolute atomic E-state index is 13.1. The summed E-state index contributed by atoms with van der Waals surface area (Å²) >= 11 is 0. The zero-order valence-corrected chi connectivity index (χ0v) is 14.8. The number of carbonyl (C=O) groups is 1. The van der Waals surface area contributed by atoms with Crippen LogP contribution in [0.4, 0.5) is 4.39 Å². The van der Waals surface area contributed by atoms with Gasteiger partial charge in [0, 0.05) is 0 Å². The molecule has 4 nitrogen and oxygen atoms in total. The minimum Gasteiger partial charge on any atom is -0.507 e. The second kappa shape index (κ2) is 6.96. The van der Waals surface area contributed by atoms with Crippen molar-refractivity contribution in [3.8, 4) is 11.4 Å². The number of phenols is 1. The Bertz CT molecular complexity index is 978. The summed E-state index contributed by atoms with van der Waals surface area (Å²) in [5.74, 6) is -0.221. The molecule has 0 atom stereocenters. The first-order valence-electron chi connectivity index (χ1n) is 8.20. The molecule has 1 N–H and O–H groups in total. The van der Waals surface area contributed by atoms with E-state index in [-0.39, 0.29) is 17.3 Å². The van der Waals surface area contributed by atoms with Gasteiger partial charge in [-0.2, -0.15) is 5.10 Å². The maximum Gasteiger partial charge on any atom is 0.189 e. The number of rotatable bonds is 4. The van der Waals surface area contributed by atoms with Gasteiger partial charge in [-0.15, -0.1) is 0 Å². The first-order valence-corrected chi connectivity index (χ1v) is 8.20. The highest BCUT2D eigenvalue weighted by Gasteiger charge is 2.13. The molecule has 0 spiro atoms. The van der Waals surface area contributed by atoms with Gasteiger partial charge in [-0.25, -0.2) is 9.07 Å². The summed E-state index contributed by atoms with van der Waals surface area (Å²) in [4.78, 5) is 12.5. The lowest BCUT2D eigenvalue weighted by Gasteiger charge is -2.05. The van der Waals surface area contributed by atoms with Gasteiger partial charge in [0.1, 0.15) is 11.6 Å². The van der Waals surface area contributed by atoms with Gasteiger partial charge in [0.15, 0.2) is 5.78 Å². The van der Waals surface area contributed by atoms with Gasteiger partial charge in [0.2, 0.25) is 0 Å². The molecule has 0 saturated heterocycles. The number of halogens is 1. The number of hydrogen-bond acceptors (Lipinski definition) is 3. The molecule has 3 rings (SSSR count). The van der Waals surface area contributed by atoms with Crippen LogP contribution in [0.1, 0.15) is 32.7 Å². The summed E-state index contributed by atoms with van der Waals surface area (Å²) in [7, 11) is 0. The van der Waals surface area contributed by atoms with Gasteiger partial charge in [-0.05, 0) is 79.9 Å². The smallest absolute Gasteiger partial charge is 0.189 e. The summed E-state index contributed by atoms with van der Waals surface area (Å²) in [6.07, 6.45) is 4.72. The van der Waals surface area contributed by atoms with Crippen molar-refractivity contribution in [3.05, 3.63) is 82.4 Å². The lowest BCUT2D eigenvalue weighted by Crippen LogP contribution is -2.01. The third-order valence-corrected chi connectivity index (χ3v) is 4.29. The molecule has 0 bridgehead atoms. The first kappa shape index (κ1) is 17.6. The molecule has 0 aliphatic rings. The van der Waals surface area contributed by atoms with Crippen molar-refractivity contribution in [2.75, 3.05) is 0 Å². The fraction of sp³-hybridized carbons (Fsp3) is 0.143. The molecule has 1 aromatic heterocycles. The summed E-state index contributed by atoms with van der Waals surface area (Å²) in [6, 6.07) is 9.57. The van der Waals surface area contributed by atoms with Crippen LogP contribution in [-0.2, 0) is 0 Å². The van der Waals surface area contributed by atoms with Crippen molar-refractivity contribution in [1.29, 1.82) is 0 Å². The Morgan fingerprint density at radius 2 is 1.73 bits per heavy atom. The van der Waals surface area contributed by atoms with E-state index in [4.69, 9.17) is 0 Å². The van der Waals surface area contributed by atoms with Crippen LogP contribution >= 0.6 is 0 Å². The second-order valence-corrected chi connectivity index (χ2v) is 6.23. The Morgan fingerprint density at radius 3 is 2.35 bits per heavy atom. The van der Waals surface area contributed by atoms with E-state index in [2.05, 4.69) is 5.10 Å². The maximum atomic E-state index is 13.1. The van der Waals surface area contributed by atoms with E-state index in [1.807, 2.05) is 26.0 Å². The van der Waals surface area contributed by atoms with Crippen LogP contribution < -0.4 is 0 Å². The van der Waals surface area contributed by atoms with E-state index >= 15 is 0 Å². The van der Waals surface area contributed by atoms with Crippen LogP contribution in [0.2, 0.25) is 0 Å². The molecule has 26 heavy (non-hydrogen) atoms. The monoisotopic (exact) mass is 350 g/mol. The van der Waals surface area contributed by atoms with Crippen LogP contribution in [0.3, 0.4) is 0 Å². The van der Waals surface area contributed by atoms with Crippen molar-refractivity contribution in [3.63, 3.8) is 0 Å². The Hall–Kier alpha value is -3.21. The number of ketones is 1. The molecule has 0 fully saturated rings. The number of carbonyl (C=O) groups excluding carboxylic acids is 1. The van der Waals surface area contributed by atoms with Gasteiger partial charge in [-0.3, -0.25) is 4.79 Å². The normalized spacial score (nSPS) is 11.2. The highest BCUT2D eigenvalue weighted by Crippen LogP contribution is 2.24. The lowest BCUT2D eigenvalue weighted by atomic mass is 10.0. The van der Waals surface area contributed by atoms with Crippen molar-refractivity contribution < 1.29 is 14.3 Å².